The van der Waals surface area contributed by atoms with Crippen molar-refractivity contribution in [2.24, 2.45) is 0 Å². The van der Waals surface area contributed by atoms with E-state index in [-0.39, 0.29) is 5.91 Å². The molecule has 0 saturated carbocycles. The summed E-state index contributed by atoms with van der Waals surface area (Å²) in [5.41, 5.74) is 2.12. The lowest BCUT2D eigenvalue weighted by Gasteiger charge is -2.28. The lowest BCUT2D eigenvalue weighted by molar-refractivity contribution is -0.119. The number of carbonyl (C=O) groups excluding carboxylic acids is 1. The van der Waals surface area contributed by atoms with Crippen LogP contribution in [0.25, 0.3) is 0 Å². The molecular weight excluding hydrogens is 363 g/mol. The maximum atomic E-state index is 14.1. The van der Waals surface area contributed by atoms with Crippen molar-refractivity contribution < 1.29 is 9.18 Å². The Balaban J connectivity index is 1.94. The summed E-state index contributed by atoms with van der Waals surface area (Å²) in [6, 6.07) is 20.5. The van der Waals surface area contributed by atoms with E-state index in [0.717, 1.165) is 11.1 Å². The Morgan fingerprint density at radius 1 is 1.07 bits per heavy atom. The summed E-state index contributed by atoms with van der Waals surface area (Å²) >= 11 is 6.03. The van der Waals surface area contributed by atoms with Crippen LogP contribution in [0.2, 0.25) is 5.02 Å². The van der Waals surface area contributed by atoms with Crippen LogP contribution in [0, 0.1) is 17.1 Å². The second-order valence-corrected chi connectivity index (χ2v) is 6.98. The van der Waals surface area contributed by atoms with Crippen LogP contribution in [0.15, 0.2) is 66.7 Å². The number of benzene rings is 3. The van der Waals surface area contributed by atoms with Gasteiger partial charge in [0.15, 0.2) is 0 Å². The smallest absolute Gasteiger partial charge is 0.239 e. The van der Waals surface area contributed by atoms with E-state index in [2.05, 4.69) is 11.4 Å². The molecule has 0 bridgehead atoms. The Morgan fingerprint density at radius 2 is 1.85 bits per heavy atom. The topological polar surface area (TPSA) is 52.9 Å². The quantitative estimate of drug-likeness (QED) is 0.711. The summed E-state index contributed by atoms with van der Waals surface area (Å²) in [7, 11) is 0. The van der Waals surface area contributed by atoms with E-state index < -0.39 is 11.2 Å². The molecule has 1 unspecified atom stereocenters. The lowest BCUT2D eigenvalue weighted by Crippen LogP contribution is -2.38. The minimum atomic E-state index is -1.10. The van der Waals surface area contributed by atoms with Gasteiger partial charge < -0.3 is 5.32 Å². The normalized spacial score (nSPS) is 17.9. The monoisotopic (exact) mass is 376 g/mol. The number of hydrogen-bond donors (Lipinski definition) is 1. The van der Waals surface area contributed by atoms with Crippen LogP contribution in [0.4, 0.5) is 10.1 Å². The van der Waals surface area contributed by atoms with Crippen molar-refractivity contribution >= 4 is 23.2 Å². The molecule has 1 heterocycles. The van der Waals surface area contributed by atoms with E-state index in [0.29, 0.717) is 28.3 Å². The number of anilines is 1. The van der Waals surface area contributed by atoms with Gasteiger partial charge in [0.2, 0.25) is 5.91 Å². The second kappa shape index (κ2) is 6.53. The molecule has 0 fully saturated rings. The average Bonchev–Trinajstić information content (AvgIpc) is 2.94. The highest BCUT2D eigenvalue weighted by Crippen LogP contribution is 2.45. The number of amides is 1. The van der Waals surface area contributed by atoms with E-state index in [1.807, 2.05) is 6.07 Å². The number of nitrogens with zero attached hydrogens (tertiary/aromatic N) is 1. The molecule has 3 aromatic rings. The Bertz CT molecular complexity index is 1090. The predicted molar refractivity (Wildman–Crippen MR) is 102 cm³/mol. The second-order valence-electron chi connectivity index (χ2n) is 6.55. The van der Waals surface area contributed by atoms with Crippen molar-refractivity contribution in [3.8, 4) is 6.07 Å². The summed E-state index contributed by atoms with van der Waals surface area (Å²) in [5.74, 6) is -0.637. The summed E-state index contributed by atoms with van der Waals surface area (Å²) in [6.07, 6.45) is 0.298. The summed E-state index contributed by atoms with van der Waals surface area (Å²) in [4.78, 5) is 13.2. The molecule has 1 aliphatic heterocycles. The third-order valence-electron chi connectivity index (χ3n) is 4.94. The molecule has 1 N–H and O–H groups in total. The highest BCUT2D eigenvalue weighted by molar-refractivity contribution is 6.30. The van der Waals surface area contributed by atoms with Crippen LogP contribution in [-0.2, 0) is 16.6 Å². The van der Waals surface area contributed by atoms with E-state index in [1.54, 1.807) is 48.5 Å². The standard InChI is InChI=1S/C22H14ClFN2O/c23-17-6-4-16(5-7-17)22(12-14-2-1-3-15(10-14)13-25)19-11-18(24)8-9-20(19)26-21(22)27/h1-11H,12H2,(H,26,27). The molecule has 1 aliphatic rings. The van der Waals surface area contributed by atoms with Gasteiger partial charge in [-0.15, -0.1) is 0 Å². The molecule has 0 radical (unpaired) electrons. The number of hydrogen-bond acceptors (Lipinski definition) is 2. The maximum absolute atomic E-state index is 14.1. The molecular formula is C22H14ClFN2O. The molecule has 1 amide bonds. The first-order valence-electron chi connectivity index (χ1n) is 8.39. The summed E-state index contributed by atoms with van der Waals surface area (Å²) < 4.78 is 14.1. The van der Waals surface area contributed by atoms with Crippen molar-refractivity contribution in [3.63, 3.8) is 0 Å². The molecule has 5 heteroatoms. The molecule has 0 saturated heterocycles. The fraction of sp³-hybridized carbons (Fsp3) is 0.0909. The van der Waals surface area contributed by atoms with Crippen LogP contribution < -0.4 is 5.32 Å². The SMILES string of the molecule is N#Cc1cccc(CC2(c3ccc(Cl)cc3)C(=O)Nc3ccc(F)cc32)c1. The third-order valence-corrected chi connectivity index (χ3v) is 5.19. The zero-order valence-corrected chi connectivity index (χ0v) is 14.9. The van der Waals surface area contributed by atoms with Crippen LogP contribution in [0.5, 0.6) is 0 Å². The largest absolute Gasteiger partial charge is 0.325 e. The molecule has 0 spiro atoms. The van der Waals surface area contributed by atoms with E-state index in [4.69, 9.17) is 11.6 Å². The molecule has 3 aromatic carbocycles. The minimum absolute atomic E-state index is 0.229. The van der Waals surface area contributed by atoms with E-state index in [9.17, 15) is 14.4 Å². The molecule has 0 aliphatic carbocycles. The van der Waals surface area contributed by atoms with Crippen molar-refractivity contribution in [1.29, 1.82) is 5.26 Å². The predicted octanol–water partition coefficient (Wildman–Crippen LogP) is 4.83. The number of nitrogens with one attached hydrogen (secondary N) is 1. The Labute approximate surface area is 161 Å². The van der Waals surface area contributed by atoms with Gasteiger partial charge in [-0.2, -0.15) is 5.26 Å². The van der Waals surface area contributed by atoms with Crippen molar-refractivity contribution in [2.75, 3.05) is 5.32 Å². The Kier molecular flexibility index (Phi) is 4.18. The van der Waals surface area contributed by atoms with E-state index in [1.165, 1.54) is 12.1 Å². The van der Waals surface area contributed by atoms with Gasteiger partial charge in [0, 0.05) is 10.7 Å². The van der Waals surface area contributed by atoms with Crippen LogP contribution in [0.1, 0.15) is 22.3 Å². The van der Waals surface area contributed by atoms with Crippen LogP contribution >= 0.6 is 11.6 Å². The number of rotatable bonds is 3. The van der Waals surface area contributed by atoms with Crippen molar-refractivity contribution in [1.82, 2.24) is 0 Å². The molecule has 3 nitrogen and oxygen atoms in total. The first-order valence-corrected chi connectivity index (χ1v) is 8.77. The summed E-state index contributed by atoms with van der Waals surface area (Å²) in [6.45, 7) is 0. The average molecular weight is 377 g/mol. The third kappa shape index (κ3) is 2.87. The fourth-order valence-corrected chi connectivity index (χ4v) is 3.81. The van der Waals surface area contributed by atoms with Crippen LogP contribution in [0.3, 0.4) is 0 Å². The highest BCUT2D eigenvalue weighted by Gasteiger charge is 2.48. The van der Waals surface area contributed by atoms with Gasteiger partial charge in [0.25, 0.3) is 0 Å². The Morgan fingerprint density at radius 3 is 2.59 bits per heavy atom. The first-order chi connectivity index (χ1) is 13.0. The van der Waals surface area contributed by atoms with Gasteiger partial charge in [0.05, 0.1) is 11.6 Å². The van der Waals surface area contributed by atoms with Crippen molar-refractivity contribution in [3.05, 3.63) is 99.8 Å². The van der Waals surface area contributed by atoms with Gasteiger partial charge in [-0.05, 0) is 65.6 Å². The number of carbonyl (C=O) groups is 1. The van der Waals surface area contributed by atoms with Gasteiger partial charge in [-0.1, -0.05) is 35.9 Å². The fourth-order valence-electron chi connectivity index (χ4n) is 3.69. The molecule has 27 heavy (non-hydrogen) atoms. The molecule has 132 valence electrons. The zero-order valence-electron chi connectivity index (χ0n) is 14.2. The highest BCUT2D eigenvalue weighted by atomic mass is 35.5. The summed E-state index contributed by atoms with van der Waals surface area (Å²) in [5, 5.41) is 12.6. The van der Waals surface area contributed by atoms with Gasteiger partial charge in [-0.3, -0.25) is 4.79 Å². The van der Waals surface area contributed by atoms with Gasteiger partial charge in [-0.25, -0.2) is 4.39 Å². The zero-order chi connectivity index (χ0) is 19.0. The minimum Gasteiger partial charge on any atom is -0.325 e. The van der Waals surface area contributed by atoms with Crippen LogP contribution in [-0.4, -0.2) is 5.91 Å². The number of fused-ring (bicyclic) bond motifs is 1. The molecule has 1 atom stereocenters. The first kappa shape index (κ1) is 17.3. The maximum Gasteiger partial charge on any atom is 0.239 e. The van der Waals surface area contributed by atoms with Gasteiger partial charge in [0.1, 0.15) is 11.2 Å². The number of halogens is 2. The van der Waals surface area contributed by atoms with Crippen molar-refractivity contribution in [2.45, 2.75) is 11.8 Å². The Hall–Kier alpha value is -3.16. The van der Waals surface area contributed by atoms with Gasteiger partial charge >= 0.3 is 0 Å². The lowest BCUT2D eigenvalue weighted by atomic mass is 9.71. The number of nitriles is 1. The molecule has 4 rings (SSSR count). The molecule has 0 aromatic heterocycles. The van der Waals surface area contributed by atoms with E-state index >= 15 is 0 Å².